The average molecular weight is 415 g/mol. The van der Waals surface area contributed by atoms with Crippen LogP contribution in [0.15, 0.2) is 18.2 Å². The number of esters is 1. The number of fused-ring (bicyclic) bond motifs is 1. The fourth-order valence-corrected chi connectivity index (χ4v) is 3.76. The maximum absolute atomic E-state index is 12.7. The number of carbonyl (C=O) groups is 5. The highest BCUT2D eigenvalue weighted by Gasteiger charge is 2.38. The summed E-state index contributed by atoms with van der Waals surface area (Å²) in [5.74, 6) is -2.36. The van der Waals surface area contributed by atoms with Gasteiger partial charge in [-0.1, -0.05) is 0 Å². The number of imide groups is 2. The number of amides is 5. The van der Waals surface area contributed by atoms with Gasteiger partial charge >= 0.3 is 12.0 Å². The van der Waals surface area contributed by atoms with Crippen molar-refractivity contribution < 1.29 is 33.4 Å². The summed E-state index contributed by atoms with van der Waals surface area (Å²) in [5.41, 5.74) is 0.372. The highest BCUT2D eigenvalue weighted by atomic mass is 16.5. The first-order valence-corrected chi connectivity index (χ1v) is 9.79. The minimum atomic E-state index is -1.18. The molecule has 10 nitrogen and oxygen atoms in total. The first-order valence-electron chi connectivity index (χ1n) is 9.79. The number of ether oxygens (including phenoxy) is 2. The highest BCUT2D eigenvalue weighted by molar-refractivity contribution is 6.22. The molecular formula is C20H21N3O7. The van der Waals surface area contributed by atoms with Gasteiger partial charge < -0.3 is 14.8 Å². The molecule has 0 aliphatic carbocycles. The molecule has 3 aliphatic heterocycles. The van der Waals surface area contributed by atoms with Crippen LogP contribution in [0.3, 0.4) is 0 Å². The number of carbonyl (C=O) groups excluding carboxylic acids is 5. The molecule has 2 atom stereocenters. The Labute approximate surface area is 172 Å². The van der Waals surface area contributed by atoms with Crippen molar-refractivity contribution in [3.8, 4) is 0 Å². The lowest BCUT2D eigenvalue weighted by molar-refractivity contribution is -0.136. The Morgan fingerprint density at radius 2 is 2.00 bits per heavy atom. The number of benzene rings is 1. The third-order valence-corrected chi connectivity index (χ3v) is 5.37. The summed E-state index contributed by atoms with van der Waals surface area (Å²) in [5, 5.41) is 2.50. The summed E-state index contributed by atoms with van der Waals surface area (Å²) in [6, 6.07) is 3.55. The van der Waals surface area contributed by atoms with Gasteiger partial charge in [0.25, 0.3) is 17.7 Å². The lowest BCUT2D eigenvalue weighted by Gasteiger charge is -2.18. The third kappa shape index (κ3) is 3.54. The molecule has 5 amide bonds. The molecule has 10 heteroatoms. The van der Waals surface area contributed by atoms with Gasteiger partial charge in [-0.15, -0.1) is 0 Å². The summed E-state index contributed by atoms with van der Waals surface area (Å²) in [6.45, 7) is 2.71. The van der Waals surface area contributed by atoms with Gasteiger partial charge in [0.05, 0.1) is 29.3 Å². The summed E-state index contributed by atoms with van der Waals surface area (Å²) in [7, 11) is 0. The van der Waals surface area contributed by atoms with Crippen molar-refractivity contribution in [2.45, 2.75) is 32.0 Å². The Bertz CT molecular complexity index is 938. The molecule has 30 heavy (non-hydrogen) atoms. The second-order valence-electron chi connectivity index (χ2n) is 7.39. The molecule has 3 heterocycles. The third-order valence-electron chi connectivity index (χ3n) is 5.37. The molecule has 2 unspecified atom stereocenters. The van der Waals surface area contributed by atoms with Gasteiger partial charge in [-0.2, -0.15) is 0 Å². The average Bonchev–Trinajstić information content (AvgIpc) is 3.45. The normalized spacial score (nSPS) is 21.6. The van der Waals surface area contributed by atoms with Gasteiger partial charge in [0, 0.05) is 19.7 Å². The zero-order valence-corrected chi connectivity index (χ0v) is 16.4. The summed E-state index contributed by atoms with van der Waals surface area (Å²) >= 11 is 0. The largest absolute Gasteiger partial charge is 0.449 e. The second kappa shape index (κ2) is 7.86. The monoisotopic (exact) mass is 415 g/mol. The topological polar surface area (TPSA) is 122 Å². The number of nitrogens with zero attached hydrogens (tertiary/aromatic N) is 2. The van der Waals surface area contributed by atoms with Crippen LogP contribution in [0.4, 0.5) is 4.79 Å². The Morgan fingerprint density at radius 3 is 2.67 bits per heavy atom. The first-order chi connectivity index (χ1) is 14.4. The standard InChI is InChI=1S/C20H21N3O7/c1-11(16(24)22-7-6-21-20(22)28)30-19(27)12-4-5-14-15(9-12)18(26)23(17(14)25)10-13-3-2-8-29-13/h4-5,9,11,13H,2-3,6-8,10H2,1H3,(H,21,28). The van der Waals surface area contributed by atoms with Crippen molar-refractivity contribution in [3.63, 3.8) is 0 Å². The van der Waals surface area contributed by atoms with E-state index in [1.54, 1.807) is 0 Å². The SMILES string of the molecule is CC(OC(=O)c1ccc2c(c1)C(=O)N(CC1CCCO1)C2=O)C(=O)N1CCNC1=O. The zero-order chi connectivity index (χ0) is 21.4. The van der Waals surface area contributed by atoms with Gasteiger partial charge in [0.1, 0.15) is 0 Å². The number of rotatable bonds is 5. The molecular weight excluding hydrogens is 394 g/mol. The van der Waals surface area contributed by atoms with Crippen LogP contribution >= 0.6 is 0 Å². The summed E-state index contributed by atoms with van der Waals surface area (Å²) in [6.07, 6.45) is 0.320. The van der Waals surface area contributed by atoms with E-state index in [1.807, 2.05) is 0 Å². The fraction of sp³-hybridized carbons (Fsp3) is 0.450. The van der Waals surface area contributed by atoms with Crippen molar-refractivity contribution >= 4 is 29.7 Å². The van der Waals surface area contributed by atoms with Gasteiger partial charge in [-0.3, -0.25) is 24.2 Å². The Balaban J connectivity index is 1.45. The van der Waals surface area contributed by atoms with Crippen molar-refractivity contribution in [2.24, 2.45) is 0 Å². The van der Waals surface area contributed by atoms with Crippen LogP contribution in [0.5, 0.6) is 0 Å². The van der Waals surface area contributed by atoms with Crippen LogP contribution in [0.25, 0.3) is 0 Å². The Kier molecular flexibility index (Phi) is 5.25. The lowest BCUT2D eigenvalue weighted by atomic mass is 10.1. The van der Waals surface area contributed by atoms with E-state index in [1.165, 1.54) is 25.1 Å². The van der Waals surface area contributed by atoms with E-state index in [-0.39, 0.29) is 35.9 Å². The van der Waals surface area contributed by atoms with Crippen LogP contribution in [0.2, 0.25) is 0 Å². The van der Waals surface area contributed by atoms with E-state index in [0.29, 0.717) is 13.2 Å². The van der Waals surface area contributed by atoms with Crippen molar-refractivity contribution in [3.05, 3.63) is 34.9 Å². The minimum Gasteiger partial charge on any atom is -0.449 e. The maximum Gasteiger partial charge on any atom is 0.338 e. The van der Waals surface area contributed by atoms with E-state index in [0.717, 1.165) is 22.6 Å². The molecule has 1 aromatic rings. The van der Waals surface area contributed by atoms with E-state index in [9.17, 15) is 24.0 Å². The molecule has 158 valence electrons. The van der Waals surface area contributed by atoms with Crippen LogP contribution in [0.1, 0.15) is 50.8 Å². The van der Waals surface area contributed by atoms with Gasteiger partial charge in [0.15, 0.2) is 6.10 Å². The zero-order valence-electron chi connectivity index (χ0n) is 16.4. The van der Waals surface area contributed by atoms with Crippen molar-refractivity contribution in [2.75, 3.05) is 26.2 Å². The van der Waals surface area contributed by atoms with Crippen LogP contribution in [0, 0.1) is 0 Å². The first kappa shape index (κ1) is 20.0. The Morgan fingerprint density at radius 1 is 1.23 bits per heavy atom. The predicted molar refractivity (Wildman–Crippen MR) is 101 cm³/mol. The molecule has 2 fully saturated rings. The molecule has 3 aliphatic rings. The van der Waals surface area contributed by atoms with Crippen LogP contribution < -0.4 is 5.32 Å². The predicted octanol–water partition coefficient (Wildman–Crippen LogP) is 0.559. The molecule has 0 spiro atoms. The molecule has 1 aromatic carbocycles. The van der Waals surface area contributed by atoms with Crippen LogP contribution in [-0.4, -0.2) is 78.0 Å². The lowest BCUT2D eigenvalue weighted by Crippen LogP contribution is -2.41. The highest BCUT2D eigenvalue weighted by Crippen LogP contribution is 2.26. The molecule has 0 aromatic heterocycles. The molecule has 0 bridgehead atoms. The van der Waals surface area contributed by atoms with E-state index >= 15 is 0 Å². The van der Waals surface area contributed by atoms with Crippen LogP contribution in [-0.2, 0) is 14.3 Å². The molecule has 4 rings (SSSR count). The number of hydrogen-bond acceptors (Lipinski definition) is 7. The fourth-order valence-electron chi connectivity index (χ4n) is 3.76. The molecule has 1 N–H and O–H groups in total. The Hall–Kier alpha value is -3.27. The second-order valence-corrected chi connectivity index (χ2v) is 7.39. The van der Waals surface area contributed by atoms with E-state index in [2.05, 4.69) is 5.32 Å². The van der Waals surface area contributed by atoms with E-state index in [4.69, 9.17) is 9.47 Å². The van der Waals surface area contributed by atoms with Crippen molar-refractivity contribution in [1.82, 2.24) is 15.1 Å². The number of hydrogen-bond donors (Lipinski definition) is 1. The number of urea groups is 1. The maximum atomic E-state index is 12.7. The van der Waals surface area contributed by atoms with Gasteiger partial charge in [-0.25, -0.2) is 9.59 Å². The minimum absolute atomic E-state index is 0.0411. The van der Waals surface area contributed by atoms with Gasteiger partial charge in [-0.05, 0) is 38.0 Å². The molecule has 0 saturated carbocycles. The summed E-state index contributed by atoms with van der Waals surface area (Å²) < 4.78 is 10.7. The smallest absolute Gasteiger partial charge is 0.338 e. The van der Waals surface area contributed by atoms with Gasteiger partial charge in [0.2, 0.25) is 0 Å². The van der Waals surface area contributed by atoms with E-state index < -0.39 is 35.8 Å². The molecule has 2 saturated heterocycles. The summed E-state index contributed by atoms with van der Waals surface area (Å²) in [4.78, 5) is 63.7. The van der Waals surface area contributed by atoms with Crippen molar-refractivity contribution in [1.29, 1.82) is 0 Å². The quantitative estimate of drug-likeness (QED) is 0.551. The number of nitrogens with one attached hydrogen (secondary N) is 1. The molecule has 0 radical (unpaired) electrons.